The second-order valence-corrected chi connectivity index (χ2v) is 6.21. The average molecular weight is 286 g/mol. The van der Waals surface area contributed by atoms with Crippen LogP contribution in [0.1, 0.15) is 52.4 Å². The molecule has 0 bridgehead atoms. The van der Waals surface area contributed by atoms with Crippen LogP contribution in [-0.4, -0.2) is 36.9 Å². The van der Waals surface area contributed by atoms with E-state index in [2.05, 4.69) is 0 Å². The summed E-state index contributed by atoms with van der Waals surface area (Å²) >= 11 is 0. The highest BCUT2D eigenvalue weighted by atomic mass is 16.5. The van der Waals surface area contributed by atoms with Gasteiger partial charge in [-0.25, -0.2) is 0 Å². The minimum Gasteiger partial charge on any atom is -0.480 e. The van der Waals surface area contributed by atoms with Gasteiger partial charge in [-0.3, -0.25) is 9.59 Å². The molecule has 0 spiro atoms. The number of esters is 1. The summed E-state index contributed by atoms with van der Waals surface area (Å²) < 4.78 is 10.2. The van der Waals surface area contributed by atoms with Crippen LogP contribution in [-0.2, 0) is 19.1 Å². The Kier molecular flexibility index (Phi) is 5.57. The molecule has 0 radical (unpaired) electrons. The first-order valence-electron chi connectivity index (χ1n) is 7.17. The molecule has 0 aromatic heterocycles. The molecule has 0 aliphatic heterocycles. The van der Waals surface area contributed by atoms with Gasteiger partial charge in [0.1, 0.15) is 0 Å². The summed E-state index contributed by atoms with van der Waals surface area (Å²) in [5.74, 6) is -1.83. The number of ether oxygens (including phenoxy) is 2. The number of hydrogen-bond acceptors (Lipinski definition) is 4. The first-order chi connectivity index (χ1) is 9.30. The van der Waals surface area contributed by atoms with Crippen LogP contribution >= 0.6 is 0 Å². The lowest BCUT2D eigenvalue weighted by atomic mass is 9.69. The summed E-state index contributed by atoms with van der Waals surface area (Å²) in [6.45, 7) is 3.79. The van der Waals surface area contributed by atoms with Crippen LogP contribution in [0.25, 0.3) is 0 Å². The molecule has 1 unspecified atom stereocenters. The molecule has 0 aromatic carbocycles. The van der Waals surface area contributed by atoms with Crippen molar-refractivity contribution in [3.05, 3.63) is 0 Å². The van der Waals surface area contributed by atoms with Gasteiger partial charge in [-0.15, -0.1) is 0 Å². The highest BCUT2D eigenvalue weighted by molar-refractivity contribution is 5.99. The summed E-state index contributed by atoms with van der Waals surface area (Å²) in [4.78, 5) is 24.1. The van der Waals surface area contributed by atoms with E-state index in [1.54, 1.807) is 7.11 Å². The number of carboxylic acids is 1. The van der Waals surface area contributed by atoms with E-state index in [1.807, 2.05) is 13.8 Å². The molecule has 1 saturated carbocycles. The normalized spacial score (nSPS) is 19.6. The number of carbonyl (C=O) groups excluding carboxylic acids is 1. The highest BCUT2D eigenvalue weighted by Crippen LogP contribution is 2.45. The van der Waals surface area contributed by atoms with E-state index in [-0.39, 0.29) is 12.3 Å². The fourth-order valence-electron chi connectivity index (χ4n) is 3.04. The summed E-state index contributed by atoms with van der Waals surface area (Å²) in [5.41, 5.74) is -1.88. The van der Waals surface area contributed by atoms with Gasteiger partial charge in [-0.1, -0.05) is 12.8 Å². The molecule has 0 heterocycles. The van der Waals surface area contributed by atoms with Gasteiger partial charge in [-0.2, -0.15) is 0 Å². The van der Waals surface area contributed by atoms with Crippen molar-refractivity contribution < 1.29 is 24.2 Å². The van der Waals surface area contributed by atoms with E-state index in [0.29, 0.717) is 6.42 Å². The van der Waals surface area contributed by atoms with Gasteiger partial charge >= 0.3 is 11.9 Å². The van der Waals surface area contributed by atoms with E-state index in [4.69, 9.17) is 9.47 Å². The Labute approximate surface area is 120 Å². The number of aliphatic carboxylic acids is 1. The zero-order valence-electron chi connectivity index (χ0n) is 12.9. The Morgan fingerprint density at radius 3 is 2.10 bits per heavy atom. The third-order valence-corrected chi connectivity index (χ3v) is 4.66. The van der Waals surface area contributed by atoms with Crippen molar-refractivity contribution in [2.24, 2.45) is 11.3 Å². The van der Waals surface area contributed by atoms with Crippen molar-refractivity contribution in [2.45, 2.75) is 58.0 Å². The molecule has 0 saturated heterocycles. The van der Waals surface area contributed by atoms with Gasteiger partial charge in [0.05, 0.1) is 12.7 Å². The average Bonchev–Trinajstić information content (AvgIpc) is 2.93. The minimum absolute atomic E-state index is 0.139. The van der Waals surface area contributed by atoms with E-state index < -0.39 is 23.0 Å². The van der Waals surface area contributed by atoms with Crippen molar-refractivity contribution >= 4 is 11.9 Å². The maximum atomic E-state index is 12.2. The Morgan fingerprint density at radius 2 is 1.70 bits per heavy atom. The lowest BCUT2D eigenvalue weighted by Crippen LogP contribution is -2.47. The number of carboxylic acid groups (broad SMARTS) is 1. The van der Waals surface area contributed by atoms with Gasteiger partial charge in [-0.05, 0) is 45.4 Å². The molecular formula is C15H26O5. The van der Waals surface area contributed by atoms with Gasteiger partial charge in [0.25, 0.3) is 0 Å². The molecular weight excluding hydrogens is 260 g/mol. The number of rotatable bonds is 7. The fraction of sp³-hybridized carbons (Fsp3) is 0.867. The standard InChI is InChI=1S/C15H26O5/c1-14(2,20-4)9-10-15(12(16)17,13(18)19-3)11-7-5-6-8-11/h11H,5-10H2,1-4H3,(H,16,17). The molecule has 116 valence electrons. The predicted molar refractivity (Wildman–Crippen MR) is 74.4 cm³/mol. The predicted octanol–water partition coefficient (Wildman–Crippen LogP) is 2.63. The Morgan fingerprint density at radius 1 is 1.15 bits per heavy atom. The summed E-state index contributed by atoms with van der Waals surface area (Å²) in [5, 5.41) is 9.71. The van der Waals surface area contributed by atoms with E-state index in [1.165, 1.54) is 7.11 Å². The van der Waals surface area contributed by atoms with Crippen LogP contribution in [0.5, 0.6) is 0 Å². The monoisotopic (exact) mass is 286 g/mol. The quantitative estimate of drug-likeness (QED) is 0.575. The molecule has 1 aliphatic rings. The molecule has 1 rings (SSSR count). The molecule has 1 aliphatic carbocycles. The van der Waals surface area contributed by atoms with Gasteiger partial charge in [0, 0.05) is 7.11 Å². The van der Waals surface area contributed by atoms with Crippen molar-refractivity contribution in [2.75, 3.05) is 14.2 Å². The van der Waals surface area contributed by atoms with Crippen LogP contribution in [0.3, 0.4) is 0 Å². The van der Waals surface area contributed by atoms with Crippen molar-refractivity contribution in [3.8, 4) is 0 Å². The molecule has 0 aromatic rings. The van der Waals surface area contributed by atoms with Crippen LogP contribution in [0.15, 0.2) is 0 Å². The maximum absolute atomic E-state index is 12.2. The molecule has 5 nitrogen and oxygen atoms in total. The second kappa shape index (κ2) is 6.57. The lowest BCUT2D eigenvalue weighted by Gasteiger charge is -2.35. The number of carbonyl (C=O) groups is 2. The van der Waals surface area contributed by atoms with E-state index >= 15 is 0 Å². The van der Waals surface area contributed by atoms with Crippen molar-refractivity contribution in [3.63, 3.8) is 0 Å². The zero-order chi connectivity index (χ0) is 15.4. The largest absolute Gasteiger partial charge is 0.480 e. The fourth-order valence-corrected chi connectivity index (χ4v) is 3.04. The first-order valence-corrected chi connectivity index (χ1v) is 7.17. The van der Waals surface area contributed by atoms with Crippen molar-refractivity contribution in [1.82, 2.24) is 0 Å². The number of methoxy groups -OCH3 is 2. The van der Waals surface area contributed by atoms with Gasteiger partial charge in [0.2, 0.25) is 0 Å². The van der Waals surface area contributed by atoms with Gasteiger partial charge < -0.3 is 14.6 Å². The molecule has 1 N–H and O–H groups in total. The summed E-state index contributed by atoms with van der Waals surface area (Å²) in [6.07, 6.45) is 4.25. The topological polar surface area (TPSA) is 72.8 Å². The highest BCUT2D eigenvalue weighted by Gasteiger charge is 2.54. The summed E-state index contributed by atoms with van der Waals surface area (Å²) in [7, 11) is 2.85. The van der Waals surface area contributed by atoms with E-state index in [9.17, 15) is 14.7 Å². The molecule has 5 heteroatoms. The minimum atomic E-state index is -1.43. The van der Waals surface area contributed by atoms with Crippen molar-refractivity contribution in [1.29, 1.82) is 0 Å². The Hall–Kier alpha value is -1.10. The lowest BCUT2D eigenvalue weighted by molar-refractivity contribution is -0.173. The SMILES string of the molecule is COC(=O)C(CCC(C)(C)OC)(C(=O)O)C1CCCC1. The molecule has 20 heavy (non-hydrogen) atoms. The molecule has 1 atom stereocenters. The molecule has 0 amide bonds. The second-order valence-electron chi connectivity index (χ2n) is 6.21. The van der Waals surface area contributed by atoms with Crippen LogP contribution < -0.4 is 0 Å². The third kappa shape index (κ3) is 3.32. The maximum Gasteiger partial charge on any atom is 0.323 e. The van der Waals surface area contributed by atoms with Gasteiger partial charge in [0.15, 0.2) is 5.41 Å². The van der Waals surface area contributed by atoms with E-state index in [0.717, 1.165) is 25.7 Å². The van der Waals surface area contributed by atoms with Crippen LogP contribution in [0.4, 0.5) is 0 Å². The third-order valence-electron chi connectivity index (χ3n) is 4.66. The van der Waals surface area contributed by atoms with Crippen LogP contribution in [0, 0.1) is 11.3 Å². The van der Waals surface area contributed by atoms with Crippen LogP contribution in [0.2, 0.25) is 0 Å². The smallest absolute Gasteiger partial charge is 0.323 e. The Balaban J connectivity index is 3.03. The molecule has 1 fully saturated rings. The summed E-state index contributed by atoms with van der Waals surface area (Å²) in [6, 6.07) is 0. The Bertz CT molecular complexity index is 357. The number of hydrogen-bond donors (Lipinski definition) is 1. The first kappa shape index (κ1) is 17.0. The zero-order valence-corrected chi connectivity index (χ0v) is 12.9.